The van der Waals surface area contributed by atoms with E-state index in [9.17, 15) is 9.59 Å². The lowest BCUT2D eigenvalue weighted by Crippen LogP contribution is -2.17. The number of rotatable bonds is 6. The van der Waals surface area contributed by atoms with E-state index in [-0.39, 0.29) is 24.9 Å². The molecule has 0 spiro atoms. The van der Waals surface area contributed by atoms with E-state index in [2.05, 4.69) is 5.32 Å². The molecule has 0 heterocycles. The molecule has 0 fully saturated rings. The Labute approximate surface area is 106 Å². The van der Waals surface area contributed by atoms with Gasteiger partial charge in [-0.25, -0.2) is 0 Å². The van der Waals surface area contributed by atoms with E-state index < -0.39 is 5.97 Å². The Balaban J connectivity index is 2.56. The highest BCUT2D eigenvalue weighted by Gasteiger charge is 2.07. The maximum absolute atomic E-state index is 11.5. The molecule has 0 radical (unpaired) electrons. The quantitative estimate of drug-likeness (QED) is 0.812. The number of carbonyl (C=O) groups excluding carboxylic acids is 1. The molecule has 1 amide bonds. The van der Waals surface area contributed by atoms with Gasteiger partial charge in [0.05, 0.1) is 13.0 Å². The molecule has 2 N–H and O–H groups in total. The Morgan fingerprint density at radius 2 is 2.11 bits per heavy atom. The number of benzene rings is 1. The molecule has 1 rings (SSSR count). The van der Waals surface area contributed by atoms with Gasteiger partial charge in [0.2, 0.25) is 5.91 Å². The van der Waals surface area contributed by atoms with Crippen molar-refractivity contribution in [2.75, 3.05) is 11.9 Å². The summed E-state index contributed by atoms with van der Waals surface area (Å²) in [6.07, 6.45) is -0.0530. The summed E-state index contributed by atoms with van der Waals surface area (Å²) in [6, 6.07) is 6.88. The van der Waals surface area contributed by atoms with E-state index in [1.807, 2.05) is 13.8 Å². The fourth-order valence-corrected chi connectivity index (χ4v) is 1.21. The van der Waals surface area contributed by atoms with Crippen LogP contribution in [0.2, 0.25) is 0 Å². The van der Waals surface area contributed by atoms with Crippen LogP contribution in [0.15, 0.2) is 24.3 Å². The number of anilines is 1. The van der Waals surface area contributed by atoms with E-state index in [4.69, 9.17) is 9.84 Å². The largest absolute Gasteiger partial charge is 0.493 e. The molecule has 0 unspecified atom stereocenters. The third-order valence-electron chi connectivity index (χ3n) is 2.21. The number of carbonyl (C=O) groups is 2. The molecule has 0 saturated heterocycles. The van der Waals surface area contributed by atoms with Crippen molar-refractivity contribution in [1.29, 1.82) is 0 Å². The monoisotopic (exact) mass is 251 g/mol. The molecule has 0 aliphatic carbocycles. The minimum absolute atomic E-state index is 0.0530. The Bertz CT molecular complexity index is 429. The van der Waals surface area contributed by atoms with E-state index in [1.165, 1.54) is 0 Å². The molecule has 0 aliphatic heterocycles. The van der Waals surface area contributed by atoms with Crippen molar-refractivity contribution in [2.24, 2.45) is 5.92 Å². The zero-order valence-corrected chi connectivity index (χ0v) is 10.5. The molecular weight excluding hydrogens is 234 g/mol. The summed E-state index contributed by atoms with van der Waals surface area (Å²) in [5.41, 5.74) is 0.640. The van der Waals surface area contributed by atoms with Crippen LogP contribution >= 0.6 is 0 Å². The summed E-state index contributed by atoms with van der Waals surface area (Å²) in [5, 5.41) is 11.2. The van der Waals surface area contributed by atoms with E-state index in [0.717, 1.165) is 0 Å². The molecule has 0 atom stereocenters. The summed E-state index contributed by atoms with van der Waals surface area (Å²) in [6.45, 7) is 3.72. The van der Waals surface area contributed by atoms with Gasteiger partial charge in [0.15, 0.2) is 0 Å². The molecule has 18 heavy (non-hydrogen) atoms. The second-order valence-electron chi connectivity index (χ2n) is 4.16. The number of hydrogen-bond donors (Lipinski definition) is 2. The standard InChI is InChI=1S/C13H17NO4/c1-9(2)13(17)14-10-4-3-5-11(8-10)18-7-6-12(15)16/h3-5,8-9H,6-7H2,1-2H3,(H,14,17)(H,15,16). The lowest BCUT2D eigenvalue weighted by molar-refractivity contribution is -0.137. The van der Waals surface area contributed by atoms with Crippen molar-refractivity contribution in [3.63, 3.8) is 0 Å². The van der Waals surface area contributed by atoms with Crippen LogP contribution in [0.4, 0.5) is 5.69 Å². The number of amides is 1. The smallest absolute Gasteiger partial charge is 0.306 e. The van der Waals surface area contributed by atoms with Crippen LogP contribution in [0.25, 0.3) is 0 Å². The SMILES string of the molecule is CC(C)C(=O)Nc1cccc(OCCC(=O)O)c1. The number of aliphatic carboxylic acids is 1. The molecular formula is C13H17NO4. The first kappa shape index (κ1) is 14.0. The van der Waals surface area contributed by atoms with Gasteiger partial charge in [-0.05, 0) is 12.1 Å². The second-order valence-corrected chi connectivity index (χ2v) is 4.16. The minimum Gasteiger partial charge on any atom is -0.493 e. The number of nitrogens with one attached hydrogen (secondary N) is 1. The Morgan fingerprint density at radius 3 is 2.72 bits per heavy atom. The highest BCUT2D eigenvalue weighted by Crippen LogP contribution is 2.18. The number of hydrogen-bond acceptors (Lipinski definition) is 3. The first-order valence-corrected chi connectivity index (χ1v) is 5.74. The van der Waals surface area contributed by atoms with Gasteiger partial charge in [0.1, 0.15) is 5.75 Å². The van der Waals surface area contributed by atoms with Crippen molar-refractivity contribution >= 4 is 17.6 Å². The lowest BCUT2D eigenvalue weighted by atomic mass is 10.2. The summed E-state index contributed by atoms with van der Waals surface area (Å²) >= 11 is 0. The van der Waals surface area contributed by atoms with Crippen LogP contribution in [-0.2, 0) is 9.59 Å². The van der Waals surface area contributed by atoms with E-state index >= 15 is 0 Å². The van der Waals surface area contributed by atoms with Gasteiger partial charge in [-0.3, -0.25) is 9.59 Å². The molecule has 5 heteroatoms. The predicted octanol–water partition coefficient (Wildman–Crippen LogP) is 2.13. The van der Waals surface area contributed by atoms with Gasteiger partial charge >= 0.3 is 5.97 Å². The van der Waals surface area contributed by atoms with Gasteiger partial charge in [-0.2, -0.15) is 0 Å². The van der Waals surface area contributed by atoms with Crippen molar-refractivity contribution in [3.8, 4) is 5.75 Å². The Kier molecular flexibility index (Phi) is 5.17. The van der Waals surface area contributed by atoms with Crippen LogP contribution in [0.3, 0.4) is 0 Å². The maximum Gasteiger partial charge on any atom is 0.306 e. The molecule has 0 aromatic heterocycles. The van der Waals surface area contributed by atoms with Crippen LogP contribution in [0, 0.1) is 5.92 Å². The van der Waals surface area contributed by atoms with Crippen molar-refractivity contribution < 1.29 is 19.4 Å². The zero-order chi connectivity index (χ0) is 13.5. The summed E-state index contributed by atoms with van der Waals surface area (Å²) in [4.78, 5) is 21.8. The second kappa shape index (κ2) is 6.64. The third-order valence-corrected chi connectivity index (χ3v) is 2.21. The predicted molar refractivity (Wildman–Crippen MR) is 67.7 cm³/mol. The van der Waals surface area contributed by atoms with Crippen LogP contribution in [-0.4, -0.2) is 23.6 Å². The molecule has 98 valence electrons. The minimum atomic E-state index is -0.903. The topological polar surface area (TPSA) is 75.6 Å². The molecule has 5 nitrogen and oxygen atoms in total. The Hall–Kier alpha value is -2.04. The van der Waals surface area contributed by atoms with Gasteiger partial charge in [-0.15, -0.1) is 0 Å². The maximum atomic E-state index is 11.5. The molecule has 1 aromatic rings. The number of carboxylic acid groups (broad SMARTS) is 1. The van der Waals surface area contributed by atoms with Gasteiger partial charge in [-0.1, -0.05) is 19.9 Å². The van der Waals surface area contributed by atoms with Crippen LogP contribution in [0.1, 0.15) is 20.3 Å². The van der Waals surface area contributed by atoms with Crippen LogP contribution < -0.4 is 10.1 Å². The molecule has 1 aromatic carbocycles. The summed E-state index contributed by atoms with van der Waals surface area (Å²) in [7, 11) is 0. The van der Waals surface area contributed by atoms with Gasteiger partial charge in [0, 0.05) is 17.7 Å². The van der Waals surface area contributed by atoms with Crippen LogP contribution in [0.5, 0.6) is 5.75 Å². The molecule has 0 saturated carbocycles. The first-order valence-electron chi connectivity index (χ1n) is 5.74. The zero-order valence-electron chi connectivity index (χ0n) is 10.5. The molecule has 0 bridgehead atoms. The fourth-order valence-electron chi connectivity index (χ4n) is 1.21. The number of carboxylic acids is 1. The average molecular weight is 251 g/mol. The highest BCUT2D eigenvalue weighted by atomic mass is 16.5. The van der Waals surface area contributed by atoms with E-state index in [0.29, 0.717) is 11.4 Å². The van der Waals surface area contributed by atoms with E-state index in [1.54, 1.807) is 24.3 Å². The fraction of sp³-hybridized carbons (Fsp3) is 0.385. The number of ether oxygens (including phenoxy) is 1. The van der Waals surface area contributed by atoms with Crippen molar-refractivity contribution in [2.45, 2.75) is 20.3 Å². The average Bonchev–Trinajstić information content (AvgIpc) is 2.28. The summed E-state index contributed by atoms with van der Waals surface area (Å²) in [5.74, 6) is -0.531. The lowest BCUT2D eigenvalue weighted by Gasteiger charge is -2.09. The van der Waals surface area contributed by atoms with Gasteiger partial charge < -0.3 is 15.2 Å². The van der Waals surface area contributed by atoms with Crippen molar-refractivity contribution in [3.05, 3.63) is 24.3 Å². The highest BCUT2D eigenvalue weighted by molar-refractivity contribution is 5.92. The Morgan fingerprint density at radius 1 is 1.39 bits per heavy atom. The normalized spacial score (nSPS) is 10.2. The van der Waals surface area contributed by atoms with Gasteiger partial charge in [0.25, 0.3) is 0 Å². The third kappa shape index (κ3) is 4.86. The van der Waals surface area contributed by atoms with Crippen molar-refractivity contribution in [1.82, 2.24) is 0 Å². The first-order chi connectivity index (χ1) is 8.49. The molecule has 0 aliphatic rings. The summed E-state index contributed by atoms with van der Waals surface area (Å²) < 4.78 is 5.27.